The normalized spacial score (nSPS) is 16.9. The van der Waals surface area contributed by atoms with Crippen LogP contribution in [0, 0.1) is 0 Å². The fourth-order valence-electron chi connectivity index (χ4n) is 2.93. The van der Waals surface area contributed by atoms with Crippen molar-refractivity contribution in [3.63, 3.8) is 0 Å². The Morgan fingerprint density at radius 2 is 2.03 bits per heavy atom. The number of hydrazone groups is 1. The first-order valence-corrected chi connectivity index (χ1v) is 11.0. The molecular formula is C19H24N6O3S. The Hall–Kier alpha value is -3.01. The number of pyridine rings is 2. The Bertz CT molecular complexity index is 1070. The molecule has 3 rings (SSSR count). The summed E-state index contributed by atoms with van der Waals surface area (Å²) >= 11 is 0. The average molecular weight is 417 g/mol. The highest BCUT2D eigenvalue weighted by molar-refractivity contribution is 7.90. The van der Waals surface area contributed by atoms with Crippen molar-refractivity contribution in [1.29, 1.82) is 0 Å². The number of hydrogen-bond donors (Lipinski definition) is 2. The molecule has 29 heavy (non-hydrogen) atoms. The van der Waals surface area contributed by atoms with E-state index in [0.717, 1.165) is 30.4 Å². The van der Waals surface area contributed by atoms with Crippen LogP contribution in [-0.4, -0.2) is 54.4 Å². The maximum atomic E-state index is 11.8. The fourth-order valence-corrected chi connectivity index (χ4v) is 3.52. The predicted octanol–water partition coefficient (Wildman–Crippen LogP) is 2.40. The molecule has 0 fully saturated rings. The zero-order valence-electron chi connectivity index (χ0n) is 16.8. The number of rotatable bonds is 5. The van der Waals surface area contributed by atoms with E-state index in [1.54, 1.807) is 24.4 Å². The van der Waals surface area contributed by atoms with Crippen molar-refractivity contribution >= 4 is 38.8 Å². The number of sulfone groups is 1. The third-order valence-electron chi connectivity index (χ3n) is 4.60. The highest BCUT2D eigenvalue weighted by atomic mass is 32.2. The van der Waals surface area contributed by atoms with E-state index in [9.17, 15) is 13.2 Å². The third kappa shape index (κ3) is 5.08. The van der Waals surface area contributed by atoms with Gasteiger partial charge in [0.25, 0.3) is 0 Å². The number of carbonyl (C=O) groups is 1. The molecular weight excluding hydrogens is 392 g/mol. The number of nitrogens with one attached hydrogen (secondary N) is 2. The molecule has 10 heteroatoms. The molecule has 0 aliphatic carbocycles. The van der Waals surface area contributed by atoms with Crippen LogP contribution >= 0.6 is 0 Å². The van der Waals surface area contributed by atoms with Gasteiger partial charge in [0.1, 0.15) is 11.6 Å². The van der Waals surface area contributed by atoms with Gasteiger partial charge in [-0.3, -0.25) is 9.80 Å². The second-order valence-electron chi connectivity index (χ2n) is 7.06. The Balaban J connectivity index is 2.03. The van der Waals surface area contributed by atoms with Crippen LogP contribution in [0.5, 0.6) is 0 Å². The quantitative estimate of drug-likeness (QED) is 0.769. The maximum Gasteiger partial charge on any atom is 0.222 e. The molecule has 0 saturated heterocycles. The van der Waals surface area contributed by atoms with Gasteiger partial charge >= 0.3 is 0 Å². The standard InChI is InChI=1S/C19H24N6O3S/c1-12-8-9-15(24-25(12)3)14-11-20-18(21-13(2)26)10-16(14)22-17-6-5-7-19(23-17)29(4,27)28/h5-7,10-12H,8-9H2,1-4H3,(H2,20,21,22,23,26). The first-order chi connectivity index (χ1) is 13.6. The molecule has 0 aromatic carbocycles. The van der Waals surface area contributed by atoms with Gasteiger partial charge in [-0.1, -0.05) is 6.07 Å². The zero-order chi connectivity index (χ0) is 21.2. The molecule has 3 heterocycles. The van der Waals surface area contributed by atoms with Gasteiger partial charge in [-0.15, -0.1) is 0 Å². The van der Waals surface area contributed by atoms with Gasteiger partial charge in [-0.05, 0) is 31.9 Å². The van der Waals surface area contributed by atoms with Crippen LogP contribution in [-0.2, 0) is 14.6 Å². The van der Waals surface area contributed by atoms with E-state index in [1.165, 1.54) is 13.0 Å². The molecule has 2 N–H and O–H groups in total. The van der Waals surface area contributed by atoms with Crippen LogP contribution in [0.25, 0.3) is 0 Å². The lowest BCUT2D eigenvalue weighted by molar-refractivity contribution is -0.114. The van der Waals surface area contributed by atoms with Crippen molar-refractivity contribution < 1.29 is 13.2 Å². The minimum Gasteiger partial charge on any atom is -0.339 e. The van der Waals surface area contributed by atoms with Crippen LogP contribution in [0.2, 0.25) is 0 Å². The van der Waals surface area contributed by atoms with E-state index < -0.39 is 9.84 Å². The summed E-state index contributed by atoms with van der Waals surface area (Å²) in [5.41, 5.74) is 2.25. The summed E-state index contributed by atoms with van der Waals surface area (Å²) in [5, 5.41) is 12.3. The summed E-state index contributed by atoms with van der Waals surface area (Å²) < 4.78 is 23.6. The van der Waals surface area contributed by atoms with Gasteiger partial charge in [0.2, 0.25) is 5.91 Å². The van der Waals surface area contributed by atoms with E-state index in [1.807, 2.05) is 12.1 Å². The van der Waals surface area contributed by atoms with Crippen molar-refractivity contribution in [3.8, 4) is 0 Å². The Morgan fingerprint density at radius 3 is 2.69 bits per heavy atom. The van der Waals surface area contributed by atoms with Gasteiger partial charge in [0.15, 0.2) is 14.9 Å². The summed E-state index contributed by atoms with van der Waals surface area (Å²) in [7, 11) is -1.51. The van der Waals surface area contributed by atoms with Crippen LogP contribution in [0.3, 0.4) is 0 Å². The lowest BCUT2D eigenvalue weighted by Gasteiger charge is -2.28. The molecule has 0 radical (unpaired) electrons. The topological polar surface area (TPSA) is 117 Å². The molecule has 0 bridgehead atoms. The summed E-state index contributed by atoms with van der Waals surface area (Å²) in [6.07, 6.45) is 4.48. The highest BCUT2D eigenvalue weighted by Crippen LogP contribution is 2.27. The van der Waals surface area contributed by atoms with E-state index in [2.05, 4.69) is 32.6 Å². The Kier molecular flexibility index (Phi) is 5.83. The summed E-state index contributed by atoms with van der Waals surface area (Å²) in [4.78, 5) is 19.9. The second-order valence-corrected chi connectivity index (χ2v) is 9.03. The van der Waals surface area contributed by atoms with Crippen LogP contribution in [0.4, 0.5) is 17.3 Å². The number of amides is 1. The van der Waals surface area contributed by atoms with E-state index in [-0.39, 0.29) is 10.9 Å². The lowest BCUT2D eigenvalue weighted by atomic mass is 10.0. The Morgan fingerprint density at radius 1 is 1.28 bits per heavy atom. The monoisotopic (exact) mass is 416 g/mol. The fraction of sp³-hybridized carbons (Fsp3) is 0.368. The molecule has 1 atom stereocenters. The van der Waals surface area contributed by atoms with Crippen LogP contribution in [0.1, 0.15) is 32.3 Å². The second kappa shape index (κ2) is 8.16. The van der Waals surface area contributed by atoms with Gasteiger partial charge in [0, 0.05) is 44.1 Å². The zero-order valence-corrected chi connectivity index (χ0v) is 17.6. The first kappa shape index (κ1) is 20.7. The number of carbonyl (C=O) groups excluding carboxylic acids is 1. The van der Waals surface area contributed by atoms with E-state index >= 15 is 0 Å². The van der Waals surface area contributed by atoms with Crippen molar-refractivity contribution in [2.75, 3.05) is 23.9 Å². The highest BCUT2D eigenvalue weighted by Gasteiger charge is 2.21. The lowest BCUT2D eigenvalue weighted by Crippen LogP contribution is -2.31. The molecule has 9 nitrogen and oxygen atoms in total. The van der Waals surface area contributed by atoms with Crippen molar-refractivity contribution in [1.82, 2.24) is 15.0 Å². The molecule has 2 aromatic rings. The predicted molar refractivity (Wildman–Crippen MR) is 112 cm³/mol. The smallest absolute Gasteiger partial charge is 0.222 e. The number of aromatic nitrogens is 2. The summed E-state index contributed by atoms with van der Waals surface area (Å²) in [5.74, 6) is 0.505. The van der Waals surface area contributed by atoms with Crippen LogP contribution in [0.15, 0.2) is 40.6 Å². The van der Waals surface area contributed by atoms with Gasteiger partial charge < -0.3 is 10.6 Å². The molecule has 2 aromatic heterocycles. The van der Waals surface area contributed by atoms with Gasteiger partial charge in [-0.25, -0.2) is 18.4 Å². The summed E-state index contributed by atoms with van der Waals surface area (Å²) in [6, 6.07) is 6.77. The molecule has 0 spiro atoms. The van der Waals surface area contributed by atoms with E-state index in [0.29, 0.717) is 23.4 Å². The SMILES string of the molecule is CC(=O)Nc1cc(Nc2cccc(S(C)(=O)=O)n2)c(C2=NN(C)C(C)CC2)cn1. The molecule has 154 valence electrons. The number of anilines is 3. The van der Waals surface area contributed by atoms with Gasteiger partial charge in [-0.2, -0.15) is 5.10 Å². The van der Waals surface area contributed by atoms with Crippen molar-refractivity contribution in [2.24, 2.45) is 5.10 Å². The molecule has 1 unspecified atom stereocenters. The van der Waals surface area contributed by atoms with Crippen molar-refractivity contribution in [3.05, 3.63) is 36.0 Å². The minimum absolute atomic E-state index is 0.0243. The average Bonchev–Trinajstić information content (AvgIpc) is 2.63. The maximum absolute atomic E-state index is 11.8. The minimum atomic E-state index is -3.44. The van der Waals surface area contributed by atoms with Gasteiger partial charge in [0.05, 0.1) is 11.4 Å². The summed E-state index contributed by atoms with van der Waals surface area (Å²) in [6.45, 7) is 3.51. The molecule has 0 saturated carbocycles. The first-order valence-electron chi connectivity index (χ1n) is 9.16. The molecule has 1 aliphatic rings. The number of nitrogens with zero attached hydrogens (tertiary/aromatic N) is 4. The third-order valence-corrected chi connectivity index (χ3v) is 5.59. The van der Waals surface area contributed by atoms with Crippen molar-refractivity contribution in [2.45, 2.75) is 37.8 Å². The Labute approximate surface area is 170 Å². The molecule has 1 amide bonds. The largest absolute Gasteiger partial charge is 0.339 e. The number of hydrogen-bond acceptors (Lipinski definition) is 8. The molecule has 1 aliphatic heterocycles. The van der Waals surface area contributed by atoms with Crippen LogP contribution < -0.4 is 10.6 Å². The van der Waals surface area contributed by atoms with E-state index in [4.69, 9.17) is 0 Å².